The van der Waals surface area contributed by atoms with E-state index in [1.54, 1.807) is 7.05 Å². The average Bonchev–Trinajstić information content (AvgIpc) is 3.12. The zero-order valence-electron chi connectivity index (χ0n) is 18.1. The molecule has 0 aliphatic heterocycles. The Morgan fingerprint density at radius 3 is 2.24 bits per heavy atom. The van der Waals surface area contributed by atoms with Gasteiger partial charge in [0, 0.05) is 33.1 Å². The predicted molar refractivity (Wildman–Crippen MR) is 117 cm³/mol. The molecular formula is C22H31N5O2. The molecule has 3 aromatic rings. The second kappa shape index (κ2) is 8.78. The predicted octanol–water partition coefficient (Wildman–Crippen LogP) is 2.32. The van der Waals surface area contributed by atoms with Crippen molar-refractivity contribution in [3.8, 4) is 0 Å². The molecule has 0 saturated heterocycles. The van der Waals surface area contributed by atoms with E-state index >= 15 is 0 Å². The van der Waals surface area contributed by atoms with Crippen LogP contribution < -0.4 is 11.2 Å². The molecule has 1 aromatic carbocycles. The zero-order valence-corrected chi connectivity index (χ0v) is 18.1. The molecule has 1 atom stereocenters. The van der Waals surface area contributed by atoms with Crippen molar-refractivity contribution in [2.75, 3.05) is 19.6 Å². The van der Waals surface area contributed by atoms with Crippen LogP contribution >= 0.6 is 0 Å². The number of aromatic nitrogens is 4. The van der Waals surface area contributed by atoms with E-state index in [-0.39, 0.29) is 17.2 Å². The molecule has 3 rings (SSSR count). The van der Waals surface area contributed by atoms with Gasteiger partial charge in [0.05, 0.1) is 0 Å². The molecule has 156 valence electrons. The Morgan fingerprint density at radius 1 is 1.00 bits per heavy atom. The van der Waals surface area contributed by atoms with E-state index in [9.17, 15) is 9.59 Å². The number of imidazole rings is 1. The molecule has 7 nitrogen and oxygen atoms in total. The maximum Gasteiger partial charge on any atom is 0.332 e. The molecule has 0 aliphatic carbocycles. The van der Waals surface area contributed by atoms with E-state index in [4.69, 9.17) is 4.98 Å². The quantitative estimate of drug-likeness (QED) is 0.585. The molecule has 2 aromatic heterocycles. The Balaban J connectivity index is 2.26. The highest BCUT2D eigenvalue weighted by Crippen LogP contribution is 2.29. The van der Waals surface area contributed by atoms with Crippen LogP contribution in [0, 0.1) is 0 Å². The lowest BCUT2D eigenvalue weighted by Crippen LogP contribution is -2.38. The Bertz CT molecular complexity index is 1090. The fourth-order valence-corrected chi connectivity index (χ4v) is 3.99. The van der Waals surface area contributed by atoms with Crippen molar-refractivity contribution < 1.29 is 0 Å². The van der Waals surface area contributed by atoms with Crippen molar-refractivity contribution in [1.29, 1.82) is 0 Å². The molecular weight excluding hydrogens is 366 g/mol. The van der Waals surface area contributed by atoms with Crippen LogP contribution in [0.2, 0.25) is 0 Å². The Labute approximate surface area is 171 Å². The number of fused-ring (bicyclic) bond motifs is 1. The Morgan fingerprint density at radius 2 is 1.66 bits per heavy atom. The first-order valence-corrected chi connectivity index (χ1v) is 10.4. The van der Waals surface area contributed by atoms with Gasteiger partial charge in [-0.2, -0.15) is 0 Å². The van der Waals surface area contributed by atoms with Crippen LogP contribution in [0.25, 0.3) is 11.2 Å². The van der Waals surface area contributed by atoms with Crippen molar-refractivity contribution in [3.63, 3.8) is 0 Å². The molecule has 2 heterocycles. The maximum absolute atomic E-state index is 13.0. The standard InChI is InChI=1S/C22H31N5O2/c1-6-17(16-12-10-9-11-13-16)19-23-20-18(21(28)25(5)22(29)24(20)4)27(19)15-14-26(7-2)8-3/h9-13,17H,6-8,14-15H2,1-5H3. The molecule has 7 heteroatoms. The molecule has 0 N–H and O–H groups in total. The van der Waals surface area contributed by atoms with Gasteiger partial charge in [-0.25, -0.2) is 9.78 Å². The minimum absolute atomic E-state index is 0.0557. The summed E-state index contributed by atoms with van der Waals surface area (Å²) in [4.78, 5) is 32.7. The molecule has 1 unspecified atom stereocenters. The topological polar surface area (TPSA) is 65.1 Å². The first kappa shape index (κ1) is 21.0. The summed E-state index contributed by atoms with van der Waals surface area (Å²) in [6.45, 7) is 9.78. The molecule has 0 saturated carbocycles. The molecule has 0 fully saturated rings. The van der Waals surface area contributed by atoms with Crippen LogP contribution in [0.4, 0.5) is 0 Å². The average molecular weight is 398 g/mol. The SMILES string of the molecule is CCC(c1ccccc1)c1nc2c(c(=O)n(C)c(=O)n2C)n1CCN(CC)CC. The second-order valence-corrected chi connectivity index (χ2v) is 7.40. The summed E-state index contributed by atoms with van der Waals surface area (Å²) in [6, 6.07) is 10.2. The molecule has 29 heavy (non-hydrogen) atoms. The summed E-state index contributed by atoms with van der Waals surface area (Å²) in [7, 11) is 3.21. The number of aryl methyl sites for hydroxylation is 1. The molecule has 0 aliphatic rings. The Hall–Kier alpha value is -2.67. The van der Waals surface area contributed by atoms with Gasteiger partial charge in [-0.05, 0) is 25.1 Å². The highest BCUT2D eigenvalue weighted by atomic mass is 16.2. The number of nitrogens with zero attached hydrogens (tertiary/aromatic N) is 5. The van der Waals surface area contributed by atoms with E-state index in [0.717, 1.165) is 37.4 Å². The molecule has 0 bridgehead atoms. The maximum atomic E-state index is 13.0. The van der Waals surface area contributed by atoms with Gasteiger partial charge in [0.2, 0.25) is 0 Å². The number of benzene rings is 1. The smallest absolute Gasteiger partial charge is 0.320 e. The first-order chi connectivity index (χ1) is 13.9. The van der Waals surface area contributed by atoms with Crippen molar-refractivity contribution in [2.24, 2.45) is 14.1 Å². The van der Waals surface area contributed by atoms with Crippen LogP contribution in [-0.4, -0.2) is 43.2 Å². The normalized spacial score (nSPS) is 12.8. The summed E-state index contributed by atoms with van der Waals surface area (Å²) in [5, 5.41) is 0. The van der Waals surface area contributed by atoms with E-state index in [1.165, 1.54) is 16.2 Å². The summed E-state index contributed by atoms with van der Waals surface area (Å²) in [5.41, 5.74) is 1.49. The number of hydrogen-bond acceptors (Lipinski definition) is 4. The molecule has 0 radical (unpaired) electrons. The lowest BCUT2D eigenvalue weighted by Gasteiger charge is -2.21. The van der Waals surface area contributed by atoms with Crippen molar-refractivity contribution >= 4 is 11.2 Å². The van der Waals surface area contributed by atoms with E-state index < -0.39 is 0 Å². The van der Waals surface area contributed by atoms with Crippen molar-refractivity contribution in [3.05, 3.63) is 62.6 Å². The lowest BCUT2D eigenvalue weighted by molar-refractivity contribution is 0.290. The third-order valence-corrected chi connectivity index (χ3v) is 5.83. The third kappa shape index (κ3) is 3.79. The van der Waals surface area contributed by atoms with Crippen molar-refractivity contribution in [1.82, 2.24) is 23.6 Å². The first-order valence-electron chi connectivity index (χ1n) is 10.4. The summed E-state index contributed by atoms with van der Waals surface area (Å²) >= 11 is 0. The number of likely N-dealkylation sites (N-methyl/N-ethyl adjacent to an activating group) is 1. The minimum atomic E-state index is -0.352. The van der Waals surface area contributed by atoms with Crippen LogP contribution in [-0.2, 0) is 20.6 Å². The van der Waals surface area contributed by atoms with Gasteiger partial charge in [-0.1, -0.05) is 51.1 Å². The van der Waals surface area contributed by atoms with E-state index in [2.05, 4.69) is 37.8 Å². The van der Waals surface area contributed by atoms with E-state index in [0.29, 0.717) is 17.7 Å². The van der Waals surface area contributed by atoms with Crippen molar-refractivity contribution in [2.45, 2.75) is 39.7 Å². The summed E-state index contributed by atoms with van der Waals surface area (Å²) < 4.78 is 4.69. The van der Waals surface area contributed by atoms with Crippen LogP contribution in [0.1, 0.15) is 44.5 Å². The fourth-order valence-electron chi connectivity index (χ4n) is 3.99. The fraction of sp³-hybridized carbons (Fsp3) is 0.500. The van der Waals surface area contributed by atoms with Gasteiger partial charge in [0.15, 0.2) is 11.2 Å². The van der Waals surface area contributed by atoms with Crippen LogP contribution in [0.3, 0.4) is 0 Å². The minimum Gasteiger partial charge on any atom is -0.320 e. The highest BCUT2D eigenvalue weighted by molar-refractivity contribution is 5.71. The highest BCUT2D eigenvalue weighted by Gasteiger charge is 2.24. The third-order valence-electron chi connectivity index (χ3n) is 5.83. The van der Waals surface area contributed by atoms with Gasteiger partial charge in [0.1, 0.15) is 5.82 Å². The van der Waals surface area contributed by atoms with Gasteiger partial charge in [-0.15, -0.1) is 0 Å². The van der Waals surface area contributed by atoms with Gasteiger partial charge in [-0.3, -0.25) is 13.9 Å². The summed E-state index contributed by atoms with van der Waals surface area (Å²) in [6.07, 6.45) is 0.854. The number of hydrogen-bond donors (Lipinski definition) is 0. The van der Waals surface area contributed by atoms with Gasteiger partial charge >= 0.3 is 5.69 Å². The molecule has 0 spiro atoms. The monoisotopic (exact) mass is 397 g/mol. The second-order valence-electron chi connectivity index (χ2n) is 7.40. The van der Waals surface area contributed by atoms with E-state index in [1.807, 2.05) is 22.8 Å². The van der Waals surface area contributed by atoms with Crippen LogP contribution in [0.15, 0.2) is 39.9 Å². The van der Waals surface area contributed by atoms with Crippen LogP contribution in [0.5, 0.6) is 0 Å². The molecule has 0 amide bonds. The number of rotatable bonds is 8. The van der Waals surface area contributed by atoms with Gasteiger partial charge < -0.3 is 9.47 Å². The summed E-state index contributed by atoms with van der Waals surface area (Å²) in [5.74, 6) is 0.902. The lowest BCUT2D eigenvalue weighted by atomic mass is 9.95. The Kier molecular flexibility index (Phi) is 6.37. The van der Waals surface area contributed by atoms with Gasteiger partial charge in [0.25, 0.3) is 5.56 Å². The largest absolute Gasteiger partial charge is 0.332 e. The zero-order chi connectivity index (χ0) is 21.1.